The SMILES string of the molecule is Cc1ccc2c(c1CCO)CC1CC[C@@](c3ccccc3)([N+](=O)[O-])CN21. The van der Waals surface area contributed by atoms with Crippen molar-refractivity contribution in [2.45, 2.75) is 44.2 Å². The van der Waals surface area contributed by atoms with Crippen LogP contribution in [-0.4, -0.2) is 29.2 Å². The van der Waals surface area contributed by atoms with Crippen molar-refractivity contribution in [1.29, 1.82) is 0 Å². The first-order valence-electron chi connectivity index (χ1n) is 9.26. The number of aliphatic hydroxyl groups excluding tert-OH is 1. The Kier molecular flexibility index (Phi) is 4.19. The Morgan fingerprint density at radius 1 is 1.27 bits per heavy atom. The molecule has 2 aliphatic heterocycles. The molecule has 26 heavy (non-hydrogen) atoms. The number of hydrogen-bond donors (Lipinski definition) is 1. The average Bonchev–Trinajstić information content (AvgIpc) is 3.02. The van der Waals surface area contributed by atoms with Gasteiger partial charge in [-0.1, -0.05) is 36.4 Å². The first-order valence-corrected chi connectivity index (χ1v) is 9.26. The second-order valence-electron chi connectivity index (χ2n) is 7.51. The lowest BCUT2D eigenvalue weighted by Gasteiger charge is -2.40. The molecule has 5 nitrogen and oxygen atoms in total. The summed E-state index contributed by atoms with van der Waals surface area (Å²) in [6.07, 6.45) is 2.94. The van der Waals surface area contributed by atoms with E-state index in [1.165, 1.54) is 16.7 Å². The van der Waals surface area contributed by atoms with Crippen LogP contribution in [0, 0.1) is 17.0 Å². The smallest absolute Gasteiger partial charge is 0.264 e. The fraction of sp³-hybridized carbons (Fsp3) is 0.429. The van der Waals surface area contributed by atoms with Crippen molar-refractivity contribution in [2.24, 2.45) is 0 Å². The molecule has 0 amide bonds. The third kappa shape index (κ3) is 2.50. The molecule has 5 heteroatoms. The van der Waals surface area contributed by atoms with E-state index in [1.54, 1.807) is 0 Å². The van der Waals surface area contributed by atoms with Gasteiger partial charge in [-0.15, -0.1) is 0 Å². The molecule has 1 fully saturated rings. The van der Waals surface area contributed by atoms with Crippen molar-refractivity contribution in [2.75, 3.05) is 18.1 Å². The Hall–Kier alpha value is -2.40. The van der Waals surface area contributed by atoms with Crippen molar-refractivity contribution in [1.82, 2.24) is 0 Å². The Morgan fingerprint density at radius 2 is 2.04 bits per heavy atom. The second kappa shape index (κ2) is 6.40. The molecule has 0 bridgehead atoms. The molecule has 1 unspecified atom stereocenters. The van der Waals surface area contributed by atoms with Crippen LogP contribution in [0.3, 0.4) is 0 Å². The maximum atomic E-state index is 12.1. The lowest BCUT2D eigenvalue weighted by molar-refractivity contribution is -0.579. The van der Waals surface area contributed by atoms with Crippen molar-refractivity contribution in [3.63, 3.8) is 0 Å². The Labute approximate surface area is 153 Å². The summed E-state index contributed by atoms with van der Waals surface area (Å²) in [5, 5.41) is 21.6. The number of rotatable bonds is 4. The number of aryl methyl sites for hydroxylation is 1. The molecule has 1 N–H and O–H groups in total. The summed E-state index contributed by atoms with van der Waals surface area (Å²) in [5.74, 6) is 0. The van der Waals surface area contributed by atoms with Gasteiger partial charge in [-0.3, -0.25) is 10.1 Å². The summed E-state index contributed by atoms with van der Waals surface area (Å²) < 4.78 is 0. The van der Waals surface area contributed by atoms with Crippen LogP contribution in [0.4, 0.5) is 5.69 Å². The summed E-state index contributed by atoms with van der Waals surface area (Å²) >= 11 is 0. The maximum Gasteiger partial charge on any atom is 0.264 e. The van der Waals surface area contributed by atoms with Crippen molar-refractivity contribution < 1.29 is 10.0 Å². The molecule has 136 valence electrons. The average molecular weight is 352 g/mol. The highest BCUT2D eigenvalue weighted by Gasteiger charge is 2.52. The molecule has 2 aliphatic rings. The lowest BCUT2D eigenvalue weighted by Crippen LogP contribution is -2.53. The van der Waals surface area contributed by atoms with Crippen LogP contribution in [-0.2, 0) is 18.4 Å². The third-order valence-corrected chi connectivity index (χ3v) is 6.18. The zero-order chi connectivity index (χ0) is 18.3. The fourth-order valence-electron chi connectivity index (χ4n) is 4.77. The van der Waals surface area contributed by atoms with E-state index in [-0.39, 0.29) is 11.5 Å². The molecule has 0 aromatic heterocycles. The van der Waals surface area contributed by atoms with Gasteiger partial charge < -0.3 is 10.0 Å². The van der Waals surface area contributed by atoms with E-state index in [1.807, 2.05) is 30.3 Å². The van der Waals surface area contributed by atoms with E-state index in [0.29, 0.717) is 25.4 Å². The summed E-state index contributed by atoms with van der Waals surface area (Å²) in [6.45, 7) is 2.61. The van der Waals surface area contributed by atoms with Crippen LogP contribution in [0.15, 0.2) is 42.5 Å². The summed E-state index contributed by atoms with van der Waals surface area (Å²) in [4.78, 5) is 14.3. The Balaban J connectivity index is 1.76. The lowest BCUT2D eigenvalue weighted by atomic mass is 9.80. The number of nitrogens with zero attached hydrogens (tertiary/aromatic N) is 2. The molecular weight excluding hydrogens is 328 g/mol. The molecular formula is C21H24N2O3. The van der Waals surface area contributed by atoms with E-state index in [4.69, 9.17) is 0 Å². The van der Waals surface area contributed by atoms with E-state index in [2.05, 4.69) is 24.0 Å². The standard InChI is InChI=1S/C21H24N2O3/c1-15-7-8-20-19(18(15)10-12-24)13-17-9-11-21(23(25)26,14-22(17)20)16-5-3-2-4-6-16/h2-8,17,24H,9-14H2,1H3/t17?,21-/m1/s1. The molecule has 2 aromatic carbocycles. The highest BCUT2D eigenvalue weighted by molar-refractivity contribution is 5.65. The minimum Gasteiger partial charge on any atom is -0.396 e. The molecule has 0 radical (unpaired) electrons. The monoisotopic (exact) mass is 352 g/mol. The number of benzene rings is 2. The molecule has 0 spiro atoms. The number of piperidine rings is 1. The van der Waals surface area contributed by atoms with Gasteiger partial charge in [0.25, 0.3) is 5.54 Å². The largest absolute Gasteiger partial charge is 0.396 e. The van der Waals surface area contributed by atoms with Crippen LogP contribution >= 0.6 is 0 Å². The van der Waals surface area contributed by atoms with E-state index in [9.17, 15) is 15.2 Å². The number of nitro groups is 1. The van der Waals surface area contributed by atoms with Gasteiger partial charge in [0.1, 0.15) is 0 Å². The molecule has 1 saturated heterocycles. The first kappa shape index (κ1) is 17.0. The number of aliphatic hydroxyl groups is 1. The van der Waals surface area contributed by atoms with Crippen LogP contribution in [0.1, 0.15) is 35.1 Å². The van der Waals surface area contributed by atoms with Crippen LogP contribution in [0.25, 0.3) is 0 Å². The highest BCUT2D eigenvalue weighted by Crippen LogP contribution is 2.45. The predicted molar refractivity (Wildman–Crippen MR) is 101 cm³/mol. The van der Waals surface area contributed by atoms with Crippen molar-refractivity contribution in [3.05, 3.63) is 74.8 Å². The number of hydrogen-bond acceptors (Lipinski definition) is 4. The Morgan fingerprint density at radius 3 is 2.73 bits per heavy atom. The summed E-state index contributed by atoms with van der Waals surface area (Å²) in [6, 6.07) is 13.9. The van der Waals surface area contributed by atoms with Crippen molar-refractivity contribution >= 4 is 5.69 Å². The van der Waals surface area contributed by atoms with Gasteiger partial charge in [0.05, 0.1) is 6.54 Å². The second-order valence-corrected chi connectivity index (χ2v) is 7.51. The van der Waals surface area contributed by atoms with Gasteiger partial charge in [0, 0.05) is 35.2 Å². The molecule has 2 aromatic rings. The first-order chi connectivity index (χ1) is 12.6. The highest BCUT2D eigenvalue weighted by atomic mass is 16.6. The van der Waals surface area contributed by atoms with Crippen molar-refractivity contribution in [3.8, 4) is 0 Å². The molecule has 2 atom stereocenters. The zero-order valence-electron chi connectivity index (χ0n) is 15.0. The van der Waals surface area contributed by atoms with E-state index in [0.717, 1.165) is 24.1 Å². The van der Waals surface area contributed by atoms with Gasteiger partial charge >= 0.3 is 0 Å². The van der Waals surface area contributed by atoms with Gasteiger partial charge in [0.15, 0.2) is 0 Å². The third-order valence-electron chi connectivity index (χ3n) is 6.18. The minimum atomic E-state index is -1.05. The molecule has 4 rings (SSSR count). The maximum absolute atomic E-state index is 12.1. The molecule has 2 heterocycles. The van der Waals surface area contributed by atoms with Gasteiger partial charge in [-0.05, 0) is 48.9 Å². The molecule has 0 aliphatic carbocycles. The van der Waals surface area contributed by atoms with Gasteiger partial charge in [-0.25, -0.2) is 0 Å². The Bertz CT molecular complexity index is 837. The normalized spacial score (nSPS) is 24.2. The quantitative estimate of drug-likeness (QED) is 0.678. The topological polar surface area (TPSA) is 66.6 Å². The molecule has 0 saturated carbocycles. The number of anilines is 1. The number of fused-ring (bicyclic) bond motifs is 3. The van der Waals surface area contributed by atoms with E-state index >= 15 is 0 Å². The van der Waals surface area contributed by atoms with Crippen LogP contribution in [0.5, 0.6) is 0 Å². The minimum absolute atomic E-state index is 0.0840. The van der Waals surface area contributed by atoms with E-state index < -0.39 is 5.54 Å². The fourth-order valence-corrected chi connectivity index (χ4v) is 4.77. The predicted octanol–water partition coefficient (Wildman–Crippen LogP) is 3.23. The summed E-state index contributed by atoms with van der Waals surface area (Å²) in [5.41, 5.74) is 4.54. The summed E-state index contributed by atoms with van der Waals surface area (Å²) in [7, 11) is 0. The van der Waals surface area contributed by atoms with Gasteiger partial charge in [-0.2, -0.15) is 0 Å². The van der Waals surface area contributed by atoms with Crippen LogP contribution < -0.4 is 4.90 Å². The van der Waals surface area contributed by atoms with Crippen LogP contribution in [0.2, 0.25) is 0 Å². The zero-order valence-corrected chi connectivity index (χ0v) is 15.0. The van der Waals surface area contributed by atoms with Gasteiger partial charge in [0.2, 0.25) is 0 Å².